The van der Waals surface area contributed by atoms with E-state index in [-0.39, 0.29) is 11.5 Å². The van der Waals surface area contributed by atoms with Crippen LogP contribution in [0.4, 0.5) is 8.78 Å². The first-order valence-electron chi connectivity index (χ1n) is 7.01. The zero-order valence-corrected chi connectivity index (χ0v) is 13.5. The van der Waals surface area contributed by atoms with Gasteiger partial charge in [0.1, 0.15) is 11.6 Å². The summed E-state index contributed by atoms with van der Waals surface area (Å²) in [5.41, 5.74) is 1.22. The Kier molecular flexibility index (Phi) is 5.88. The van der Waals surface area contributed by atoms with E-state index >= 15 is 0 Å². The van der Waals surface area contributed by atoms with Gasteiger partial charge in [-0.25, -0.2) is 8.78 Å². The van der Waals surface area contributed by atoms with Crippen molar-refractivity contribution in [3.8, 4) is 0 Å². The van der Waals surface area contributed by atoms with E-state index in [1.165, 1.54) is 18.2 Å². The van der Waals surface area contributed by atoms with Gasteiger partial charge in [0.15, 0.2) is 0 Å². The Morgan fingerprint density at radius 3 is 2.38 bits per heavy atom. The molecule has 0 bridgehead atoms. The Morgan fingerprint density at radius 1 is 1.10 bits per heavy atom. The summed E-state index contributed by atoms with van der Waals surface area (Å²) < 4.78 is 28.7. The van der Waals surface area contributed by atoms with E-state index in [1.54, 1.807) is 0 Å². The number of benzene rings is 2. The van der Waals surface area contributed by atoms with E-state index in [1.807, 2.05) is 31.2 Å². The lowest BCUT2D eigenvalue weighted by molar-refractivity contribution is 0.523. The van der Waals surface area contributed by atoms with E-state index in [0.717, 1.165) is 16.6 Å². The molecular formula is C17H18BrF2N. The average Bonchev–Trinajstić information content (AvgIpc) is 2.46. The molecular weight excluding hydrogens is 336 g/mol. The molecule has 2 aromatic carbocycles. The number of hydrogen-bond acceptors (Lipinski definition) is 1. The summed E-state index contributed by atoms with van der Waals surface area (Å²) in [5, 5.41) is 3.27. The molecule has 1 nitrogen and oxygen atoms in total. The third kappa shape index (κ3) is 4.35. The van der Waals surface area contributed by atoms with Gasteiger partial charge in [-0.15, -0.1) is 0 Å². The smallest absolute Gasteiger partial charge is 0.129 e. The van der Waals surface area contributed by atoms with Gasteiger partial charge in [0.25, 0.3) is 0 Å². The van der Waals surface area contributed by atoms with Crippen LogP contribution < -0.4 is 5.32 Å². The molecule has 4 heteroatoms. The van der Waals surface area contributed by atoms with Crippen LogP contribution in [-0.2, 0) is 6.42 Å². The molecule has 2 aromatic rings. The van der Waals surface area contributed by atoms with Crippen molar-refractivity contribution in [2.24, 2.45) is 0 Å². The fourth-order valence-electron chi connectivity index (χ4n) is 2.36. The highest BCUT2D eigenvalue weighted by Crippen LogP contribution is 2.25. The zero-order valence-electron chi connectivity index (χ0n) is 11.9. The Balaban J connectivity index is 2.28. The van der Waals surface area contributed by atoms with Gasteiger partial charge in [0.05, 0.1) is 0 Å². The van der Waals surface area contributed by atoms with Crippen LogP contribution in [-0.4, -0.2) is 13.1 Å². The molecule has 0 fully saturated rings. The molecule has 0 saturated heterocycles. The minimum atomic E-state index is -0.480. The molecule has 1 N–H and O–H groups in total. The van der Waals surface area contributed by atoms with Crippen LogP contribution in [0, 0.1) is 11.6 Å². The van der Waals surface area contributed by atoms with Crippen molar-refractivity contribution in [3.63, 3.8) is 0 Å². The summed E-state index contributed by atoms with van der Waals surface area (Å²) >= 11 is 3.44. The fraction of sp³-hybridized carbons (Fsp3) is 0.294. The molecule has 0 amide bonds. The van der Waals surface area contributed by atoms with Crippen LogP contribution >= 0.6 is 15.9 Å². The SMILES string of the molecule is CCNCC(Cc1c(F)cccc1F)c1cccc(Br)c1. The van der Waals surface area contributed by atoms with Crippen molar-refractivity contribution in [3.05, 3.63) is 69.7 Å². The molecule has 0 aliphatic heterocycles. The predicted octanol–water partition coefficient (Wildman–Crippen LogP) is 4.66. The maximum Gasteiger partial charge on any atom is 0.129 e. The molecule has 0 saturated carbocycles. The molecule has 1 unspecified atom stereocenters. The minimum Gasteiger partial charge on any atom is -0.316 e. The largest absolute Gasteiger partial charge is 0.316 e. The third-order valence-corrected chi connectivity index (χ3v) is 3.97. The van der Waals surface area contributed by atoms with Crippen LogP contribution in [0.2, 0.25) is 0 Å². The summed E-state index contributed by atoms with van der Waals surface area (Å²) in [4.78, 5) is 0. The van der Waals surface area contributed by atoms with Crippen LogP contribution in [0.25, 0.3) is 0 Å². The van der Waals surface area contributed by atoms with Crippen LogP contribution in [0.15, 0.2) is 46.9 Å². The molecule has 112 valence electrons. The molecule has 0 heterocycles. The Labute approximate surface area is 132 Å². The van der Waals surface area contributed by atoms with Gasteiger partial charge >= 0.3 is 0 Å². The van der Waals surface area contributed by atoms with E-state index in [0.29, 0.717) is 13.0 Å². The molecule has 2 rings (SSSR count). The van der Waals surface area contributed by atoms with Crippen molar-refractivity contribution in [1.29, 1.82) is 0 Å². The fourth-order valence-corrected chi connectivity index (χ4v) is 2.78. The summed E-state index contributed by atoms with van der Waals surface area (Å²) in [5.74, 6) is -0.938. The zero-order chi connectivity index (χ0) is 15.2. The summed E-state index contributed by atoms with van der Waals surface area (Å²) in [7, 11) is 0. The number of rotatable bonds is 6. The van der Waals surface area contributed by atoms with Gasteiger partial charge in [-0.1, -0.05) is 41.1 Å². The molecule has 0 spiro atoms. The first-order chi connectivity index (χ1) is 10.1. The normalized spacial score (nSPS) is 12.4. The number of likely N-dealkylation sites (N-methyl/N-ethyl adjacent to an activating group) is 1. The van der Waals surface area contributed by atoms with E-state index in [2.05, 4.69) is 21.2 Å². The quantitative estimate of drug-likeness (QED) is 0.795. The van der Waals surface area contributed by atoms with Gasteiger partial charge in [-0.2, -0.15) is 0 Å². The molecule has 0 aliphatic carbocycles. The standard InChI is InChI=1S/C17H18BrF2N/c1-2-21-11-13(12-5-3-6-14(18)9-12)10-15-16(19)7-4-8-17(15)20/h3-9,13,21H,2,10-11H2,1H3. The van der Waals surface area contributed by atoms with Crippen LogP contribution in [0.3, 0.4) is 0 Å². The average molecular weight is 354 g/mol. The predicted molar refractivity (Wildman–Crippen MR) is 85.5 cm³/mol. The third-order valence-electron chi connectivity index (χ3n) is 3.47. The Bertz CT molecular complexity index is 581. The Hall–Kier alpha value is -1.26. The summed E-state index contributed by atoms with van der Waals surface area (Å²) in [6.45, 7) is 3.52. The van der Waals surface area contributed by atoms with Crippen LogP contribution in [0.5, 0.6) is 0 Å². The van der Waals surface area contributed by atoms with E-state index < -0.39 is 11.6 Å². The second-order valence-electron chi connectivity index (χ2n) is 4.96. The van der Waals surface area contributed by atoms with Crippen molar-refractivity contribution in [2.45, 2.75) is 19.3 Å². The monoisotopic (exact) mass is 353 g/mol. The number of halogens is 3. The minimum absolute atomic E-state index is 0.0221. The van der Waals surface area contributed by atoms with Gasteiger partial charge < -0.3 is 5.32 Å². The topological polar surface area (TPSA) is 12.0 Å². The molecule has 0 radical (unpaired) electrons. The second-order valence-corrected chi connectivity index (χ2v) is 5.88. The maximum absolute atomic E-state index is 13.9. The lowest BCUT2D eigenvalue weighted by atomic mass is 9.91. The van der Waals surface area contributed by atoms with Crippen LogP contribution in [0.1, 0.15) is 24.0 Å². The first kappa shape index (κ1) is 16.1. The Morgan fingerprint density at radius 2 is 1.76 bits per heavy atom. The summed E-state index contributed by atoms with van der Waals surface area (Å²) in [6.07, 6.45) is 0.335. The van der Waals surface area contributed by atoms with E-state index in [9.17, 15) is 8.78 Å². The molecule has 0 aromatic heterocycles. The van der Waals surface area contributed by atoms with Crippen molar-refractivity contribution >= 4 is 15.9 Å². The highest BCUT2D eigenvalue weighted by atomic mass is 79.9. The van der Waals surface area contributed by atoms with Gasteiger partial charge in [0.2, 0.25) is 0 Å². The van der Waals surface area contributed by atoms with E-state index in [4.69, 9.17) is 0 Å². The van der Waals surface area contributed by atoms with Crippen molar-refractivity contribution < 1.29 is 8.78 Å². The molecule has 0 aliphatic rings. The van der Waals surface area contributed by atoms with Crippen molar-refractivity contribution in [2.75, 3.05) is 13.1 Å². The van der Waals surface area contributed by atoms with Gasteiger partial charge in [0, 0.05) is 22.5 Å². The molecule has 21 heavy (non-hydrogen) atoms. The lowest BCUT2D eigenvalue weighted by Gasteiger charge is -2.19. The van der Waals surface area contributed by atoms with Gasteiger partial charge in [-0.05, 0) is 42.8 Å². The second kappa shape index (κ2) is 7.66. The first-order valence-corrected chi connectivity index (χ1v) is 7.80. The lowest BCUT2D eigenvalue weighted by Crippen LogP contribution is -2.23. The maximum atomic E-state index is 13.9. The number of nitrogens with one attached hydrogen (secondary N) is 1. The number of hydrogen-bond donors (Lipinski definition) is 1. The summed E-state index contributed by atoms with van der Waals surface area (Å²) in [6, 6.07) is 11.9. The van der Waals surface area contributed by atoms with Crippen molar-refractivity contribution in [1.82, 2.24) is 5.32 Å². The molecule has 1 atom stereocenters. The van der Waals surface area contributed by atoms with Gasteiger partial charge in [-0.3, -0.25) is 0 Å². The highest BCUT2D eigenvalue weighted by Gasteiger charge is 2.17. The highest BCUT2D eigenvalue weighted by molar-refractivity contribution is 9.10.